The molecule has 8 heteroatoms. The predicted molar refractivity (Wildman–Crippen MR) is 137 cm³/mol. The topological polar surface area (TPSA) is 92.2 Å². The molecule has 0 saturated heterocycles. The van der Waals surface area contributed by atoms with E-state index in [0.29, 0.717) is 52.1 Å². The zero-order valence-corrected chi connectivity index (χ0v) is 20.4. The summed E-state index contributed by atoms with van der Waals surface area (Å²) in [6.07, 6.45) is 1.79. The van der Waals surface area contributed by atoms with E-state index in [2.05, 4.69) is 5.32 Å². The van der Waals surface area contributed by atoms with Gasteiger partial charge in [0.1, 0.15) is 5.82 Å². The second-order valence-corrected chi connectivity index (χ2v) is 9.02. The third-order valence-corrected chi connectivity index (χ3v) is 6.12. The van der Waals surface area contributed by atoms with Crippen LogP contribution in [0.15, 0.2) is 66.7 Å². The van der Waals surface area contributed by atoms with Crippen molar-refractivity contribution in [1.82, 2.24) is 15.3 Å². The molecule has 0 unspecified atom stereocenters. The van der Waals surface area contributed by atoms with E-state index < -0.39 is 5.97 Å². The first kappa shape index (κ1) is 25.3. The lowest BCUT2D eigenvalue weighted by Crippen LogP contribution is -2.26. The highest BCUT2D eigenvalue weighted by molar-refractivity contribution is 6.30. The number of hydrogen-bond acceptors (Lipinski definition) is 4. The van der Waals surface area contributed by atoms with Gasteiger partial charge in [0, 0.05) is 22.6 Å². The molecule has 1 heterocycles. The van der Waals surface area contributed by atoms with Crippen LogP contribution in [0.2, 0.25) is 5.02 Å². The predicted octanol–water partition coefficient (Wildman–Crippen LogP) is 6.38. The molecule has 2 N–H and O–H groups in total. The summed E-state index contributed by atoms with van der Waals surface area (Å²) in [7, 11) is 0. The molecule has 1 amide bonds. The minimum Gasteiger partial charge on any atom is -0.481 e. The SMILES string of the molecule is C[C@H](NC(=O)c1ccc2nc(-c3ccc(Cl)cc3)c(CCCCC(=O)O)nc2c1)c1cccc(F)c1. The molecular weight excluding hydrogens is 481 g/mol. The summed E-state index contributed by atoms with van der Waals surface area (Å²) in [6, 6.07) is 18.2. The first-order valence-corrected chi connectivity index (χ1v) is 12.0. The zero-order valence-electron chi connectivity index (χ0n) is 19.7. The Hall–Kier alpha value is -3.84. The number of aliphatic carboxylic acids is 1. The van der Waals surface area contributed by atoms with E-state index in [9.17, 15) is 14.0 Å². The highest BCUT2D eigenvalue weighted by Crippen LogP contribution is 2.27. The van der Waals surface area contributed by atoms with Crippen LogP contribution in [0.5, 0.6) is 0 Å². The maximum Gasteiger partial charge on any atom is 0.303 e. The normalized spacial score (nSPS) is 11.9. The quantitative estimate of drug-likeness (QED) is 0.257. The molecule has 6 nitrogen and oxygen atoms in total. The zero-order chi connectivity index (χ0) is 25.7. The van der Waals surface area contributed by atoms with E-state index >= 15 is 0 Å². The molecule has 0 radical (unpaired) electrons. The van der Waals surface area contributed by atoms with E-state index in [0.717, 1.165) is 11.3 Å². The van der Waals surface area contributed by atoms with E-state index in [-0.39, 0.29) is 24.2 Å². The van der Waals surface area contributed by atoms with Crippen LogP contribution in [0.25, 0.3) is 22.3 Å². The standard InChI is InChI=1S/C28H25ClFN3O3/c1-17(19-5-4-6-22(30)15-19)31-28(36)20-11-14-23-25(16-20)32-24(7-2-3-8-26(34)35)27(33-23)18-9-12-21(29)13-10-18/h4-6,9-17H,2-3,7-8H2,1H3,(H,31,36)(H,34,35)/t17-/m0/s1. The van der Waals surface area contributed by atoms with E-state index in [1.54, 1.807) is 49.4 Å². The summed E-state index contributed by atoms with van der Waals surface area (Å²) in [5.41, 5.74) is 4.55. The van der Waals surface area contributed by atoms with Crippen molar-refractivity contribution in [3.8, 4) is 11.3 Å². The molecule has 1 aromatic heterocycles. The molecule has 0 saturated carbocycles. The minimum atomic E-state index is -0.833. The van der Waals surface area contributed by atoms with Gasteiger partial charge in [0.25, 0.3) is 5.91 Å². The molecule has 0 bridgehead atoms. The maximum absolute atomic E-state index is 13.6. The number of carbonyl (C=O) groups excluding carboxylic acids is 1. The summed E-state index contributed by atoms with van der Waals surface area (Å²) in [5, 5.41) is 12.4. The number of aromatic nitrogens is 2. The summed E-state index contributed by atoms with van der Waals surface area (Å²) < 4.78 is 13.6. The number of carboxylic acids is 1. The van der Waals surface area contributed by atoms with Crippen LogP contribution < -0.4 is 5.32 Å². The molecule has 0 fully saturated rings. The largest absolute Gasteiger partial charge is 0.481 e. The average Bonchev–Trinajstić information content (AvgIpc) is 2.86. The fourth-order valence-electron chi connectivity index (χ4n) is 3.95. The number of rotatable bonds is 9. The van der Waals surface area contributed by atoms with Crippen molar-refractivity contribution in [2.45, 2.75) is 38.6 Å². The van der Waals surface area contributed by atoms with E-state index in [1.807, 2.05) is 12.1 Å². The second kappa shape index (κ2) is 11.3. The van der Waals surface area contributed by atoms with Crippen LogP contribution in [0.1, 0.15) is 53.8 Å². The fraction of sp³-hybridized carbons (Fsp3) is 0.214. The number of halogens is 2. The second-order valence-electron chi connectivity index (χ2n) is 8.58. The molecule has 36 heavy (non-hydrogen) atoms. The van der Waals surface area contributed by atoms with Crippen molar-refractivity contribution < 1.29 is 19.1 Å². The number of benzene rings is 3. The number of nitrogens with one attached hydrogen (secondary N) is 1. The van der Waals surface area contributed by atoms with Crippen molar-refractivity contribution in [3.63, 3.8) is 0 Å². The minimum absolute atomic E-state index is 0.0884. The Morgan fingerprint density at radius 1 is 1.00 bits per heavy atom. The maximum atomic E-state index is 13.6. The Labute approximate surface area is 213 Å². The molecule has 0 aliphatic rings. The third-order valence-electron chi connectivity index (χ3n) is 5.87. The Morgan fingerprint density at radius 3 is 2.50 bits per heavy atom. The van der Waals surface area contributed by atoms with Gasteiger partial charge in [-0.2, -0.15) is 0 Å². The highest BCUT2D eigenvalue weighted by atomic mass is 35.5. The number of carboxylic acid groups (broad SMARTS) is 1. The lowest BCUT2D eigenvalue weighted by atomic mass is 10.0. The van der Waals surface area contributed by atoms with Gasteiger partial charge in [0.15, 0.2) is 0 Å². The Kier molecular flexibility index (Phi) is 7.90. The van der Waals surface area contributed by atoms with Crippen molar-refractivity contribution in [3.05, 3.63) is 94.4 Å². The van der Waals surface area contributed by atoms with Gasteiger partial charge in [0.05, 0.1) is 28.5 Å². The molecule has 0 spiro atoms. The number of aryl methyl sites for hydroxylation is 1. The molecule has 0 aliphatic heterocycles. The van der Waals surface area contributed by atoms with Crippen molar-refractivity contribution in [1.29, 1.82) is 0 Å². The van der Waals surface area contributed by atoms with E-state index in [1.165, 1.54) is 12.1 Å². The van der Waals surface area contributed by atoms with Gasteiger partial charge in [-0.15, -0.1) is 0 Å². The molecule has 184 valence electrons. The number of hydrogen-bond donors (Lipinski definition) is 2. The van der Waals surface area contributed by atoms with Crippen LogP contribution in [0, 0.1) is 5.82 Å². The number of amides is 1. The van der Waals surface area contributed by atoms with Crippen molar-refractivity contribution in [2.24, 2.45) is 0 Å². The third kappa shape index (κ3) is 6.23. The Balaban J connectivity index is 1.63. The first-order valence-electron chi connectivity index (χ1n) is 11.6. The van der Waals surface area contributed by atoms with Gasteiger partial charge in [-0.1, -0.05) is 35.9 Å². The van der Waals surface area contributed by atoms with Gasteiger partial charge in [-0.3, -0.25) is 9.59 Å². The van der Waals surface area contributed by atoms with Gasteiger partial charge in [0.2, 0.25) is 0 Å². The number of unbranched alkanes of at least 4 members (excludes halogenated alkanes) is 1. The summed E-state index contributed by atoms with van der Waals surface area (Å²) in [5.74, 6) is -1.50. The monoisotopic (exact) mass is 505 g/mol. The summed E-state index contributed by atoms with van der Waals surface area (Å²) >= 11 is 6.05. The Bertz CT molecular complexity index is 1410. The summed E-state index contributed by atoms with van der Waals surface area (Å²) in [4.78, 5) is 33.4. The van der Waals surface area contributed by atoms with Crippen LogP contribution in [-0.2, 0) is 11.2 Å². The number of carbonyl (C=O) groups is 2. The lowest BCUT2D eigenvalue weighted by Gasteiger charge is -2.15. The number of fused-ring (bicyclic) bond motifs is 1. The lowest BCUT2D eigenvalue weighted by molar-refractivity contribution is -0.137. The van der Waals surface area contributed by atoms with Gasteiger partial charge >= 0.3 is 5.97 Å². The van der Waals surface area contributed by atoms with Crippen LogP contribution in [-0.4, -0.2) is 27.0 Å². The van der Waals surface area contributed by atoms with Crippen LogP contribution in [0.3, 0.4) is 0 Å². The van der Waals surface area contributed by atoms with Crippen LogP contribution in [0.4, 0.5) is 4.39 Å². The van der Waals surface area contributed by atoms with Crippen molar-refractivity contribution >= 4 is 34.5 Å². The molecule has 4 aromatic rings. The molecule has 0 aliphatic carbocycles. The smallest absolute Gasteiger partial charge is 0.303 e. The molecule has 4 rings (SSSR count). The molecule has 3 aromatic carbocycles. The van der Waals surface area contributed by atoms with Crippen LogP contribution >= 0.6 is 11.6 Å². The van der Waals surface area contributed by atoms with Gasteiger partial charge in [-0.25, -0.2) is 14.4 Å². The van der Waals surface area contributed by atoms with Crippen molar-refractivity contribution in [2.75, 3.05) is 0 Å². The molecular formula is C28H25ClFN3O3. The Morgan fingerprint density at radius 2 is 1.78 bits per heavy atom. The first-order chi connectivity index (χ1) is 17.3. The average molecular weight is 506 g/mol. The summed E-state index contributed by atoms with van der Waals surface area (Å²) in [6.45, 7) is 1.79. The highest BCUT2D eigenvalue weighted by Gasteiger charge is 2.16. The van der Waals surface area contributed by atoms with Gasteiger partial charge < -0.3 is 10.4 Å². The number of nitrogens with zero attached hydrogens (tertiary/aromatic N) is 2. The van der Waals surface area contributed by atoms with Gasteiger partial charge in [-0.05, 0) is 74.2 Å². The fourth-order valence-corrected chi connectivity index (χ4v) is 4.08. The molecule has 1 atom stereocenters. The van der Waals surface area contributed by atoms with E-state index in [4.69, 9.17) is 26.7 Å².